The Labute approximate surface area is 238 Å². The predicted molar refractivity (Wildman–Crippen MR) is 148 cm³/mol. The number of aromatic nitrogens is 5. The third kappa shape index (κ3) is 5.33. The van der Waals surface area contributed by atoms with Gasteiger partial charge in [0.25, 0.3) is 0 Å². The van der Waals surface area contributed by atoms with Gasteiger partial charge in [0.05, 0.1) is 25.3 Å². The van der Waals surface area contributed by atoms with Crippen molar-refractivity contribution in [3.8, 4) is 17.2 Å². The first-order valence-corrected chi connectivity index (χ1v) is 14.9. The maximum atomic E-state index is 13.7. The highest BCUT2D eigenvalue weighted by atomic mass is 35.5. The van der Waals surface area contributed by atoms with Gasteiger partial charge in [0.15, 0.2) is 11.6 Å². The number of rotatable bonds is 10. The summed E-state index contributed by atoms with van der Waals surface area (Å²) in [4.78, 5) is 8.31. The van der Waals surface area contributed by atoms with E-state index in [4.69, 9.17) is 25.8 Å². The van der Waals surface area contributed by atoms with Gasteiger partial charge in [-0.3, -0.25) is 14.7 Å². The molecule has 2 aliphatic rings. The molecule has 0 bridgehead atoms. The molecule has 1 aliphatic carbocycles. The molecule has 1 aliphatic heterocycles. The zero-order chi connectivity index (χ0) is 28.4. The van der Waals surface area contributed by atoms with Crippen molar-refractivity contribution in [1.82, 2.24) is 35.6 Å². The second-order valence-corrected chi connectivity index (χ2v) is 12.3. The largest absolute Gasteiger partial charge is 0.494 e. The number of methoxy groups -OCH3 is 3. The van der Waals surface area contributed by atoms with E-state index in [0.717, 1.165) is 25.7 Å². The lowest BCUT2D eigenvalue weighted by atomic mass is 9.81. The third-order valence-electron chi connectivity index (χ3n) is 7.56. The van der Waals surface area contributed by atoms with Gasteiger partial charge in [-0.2, -0.15) is 0 Å². The standard InChI is InChI=1S/C25H33ClN8O5S/c1-14(22(39-4)23-27-12-15(26)13-28-23)40(35,36)33-25-32-31-24(20-16-8-5-6-9-17(16)29-30-20)34(25)21-18(37-2)10-7-11-19(21)38-3/h7,10-14,16-17,20,22,29-30H,5-6,8-9H2,1-4H3,(H,32,33)/t14-,16?,17?,20?,22-/m0/s1. The molecule has 3 heterocycles. The Kier molecular flexibility index (Phi) is 8.42. The Morgan fingerprint density at radius 3 is 2.38 bits per heavy atom. The number of ether oxygens (including phenoxy) is 3. The van der Waals surface area contributed by atoms with E-state index in [0.29, 0.717) is 28.0 Å². The topological polar surface area (TPSA) is 154 Å². The van der Waals surface area contributed by atoms with E-state index in [9.17, 15) is 8.42 Å². The summed E-state index contributed by atoms with van der Waals surface area (Å²) in [6.45, 7) is 1.51. The molecular formula is C25H33ClN8O5S. The van der Waals surface area contributed by atoms with Crippen molar-refractivity contribution in [2.24, 2.45) is 5.92 Å². The van der Waals surface area contributed by atoms with Crippen LogP contribution in [0.2, 0.25) is 5.02 Å². The minimum atomic E-state index is -4.12. The van der Waals surface area contributed by atoms with Crippen LogP contribution in [0.3, 0.4) is 0 Å². The molecule has 40 heavy (non-hydrogen) atoms. The first-order chi connectivity index (χ1) is 19.3. The SMILES string of the molecule is COc1cccc(OC)c1-n1c(NS(=O)(=O)[C@@H](C)[C@H](OC)c2ncc(Cl)cn2)nnc1C1NNC2CCCCC21. The van der Waals surface area contributed by atoms with Gasteiger partial charge in [-0.1, -0.05) is 30.5 Å². The minimum absolute atomic E-state index is 0.0161. The van der Waals surface area contributed by atoms with Gasteiger partial charge >= 0.3 is 0 Å². The van der Waals surface area contributed by atoms with Crippen LogP contribution in [0.25, 0.3) is 5.69 Å². The molecule has 2 aromatic heterocycles. The van der Waals surface area contributed by atoms with Gasteiger partial charge in [-0.25, -0.2) is 23.8 Å². The van der Waals surface area contributed by atoms with Gasteiger partial charge in [0.1, 0.15) is 28.5 Å². The molecule has 1 saturated carbocycles. The van der Waals surface area contributed by atoms with Crippen LogP contribution in [0.5, 0.6) is 11.5 Å². The molecule has 3 aromatic rings. The first-order valence-electron chi connectivity index (χ1n) is 13.0. The van der Waals surface area contributed by atoms with E-state index in [1.807, 2.05) is 0 Å². The minimum Gasteiger partial charge on any atom is -0.494 e. The lowest BCUT2D eigenvalue weighted by Gasteiger charge is -2.27. The highest BCUT2D eigenvalue weighted by molar-refractivity contribution is 7.93. The highest BCUT2D eigenvalue weighted by Crippen LogP contribution is 2.42. The summed E-state index contributed by atoms with van der Waals surface area (Å²) >= 11 is 5.92. The Morgan fingerprint density at radius 2 is 1.73 bits per heavy atom. The van der Waals surface area contributed by atoms with E-state index in [1.165, 1.54) is 40.6 Å². The number of halogens is 1. The molecule has 3 N–H and O–H groups in total. The van der Waals surface area contributed by atoms with Crippen LogP contribution in [-0.2, 0) is 14.8 Å². The molecule has 13 nitrogen and oxygen atoms in total. The molecule has 216 valence electrons. The van der Waals surface area contributed by atoms with Crippen molar-refractivity contribution < 1.29 is 22.6 Å². The number of fused-ring (bicyclic) bond motifs is 1. The normalized spacial score (nSPS) is 22.4. The van der Waals surface area contributed by atoms with Crippen molar-refractivity contribution in [3.05, 3.63) is 47.3 Å². The van der Waals surface area contributed by atoms with E-state index >= 15 is 0 Å². The Bertz CT molecular complexity index is 1420. The molecule has 2 fully saturated rings. The first kappa shape index (κ1) is 28.5. The van der Waals surface area contributed by atoms with Crippen LogP contribution >= 0.6 is 11.6 Å². The number of hydrazine groups is 1. The average Bonchev–Trinajstić information content (AvgIpc) is 3.57. The van der Waals surface area contributed by atoms with Gasteiger partial charge in [-0.05, 0) is 37.8 Å². The number of nitrogens with one attached hydrogen (secondary N) is 3. The molecule has 0 amide bonds. The lowest BCUT2D eigenvalue weighted by Crippen LogP contribution is -2.34. The molecule has 1 aromatic carbocycles. The number of anilines is 1. The Balaban J connectivity index is 1.58. The lowest BCUT2D eigenvalue weighted by molar-refractivity contribution is 0.0950. The Morgan fingerprint density at radius 1 is 1.05 bits per heavy atom. The fourth-order valence-corrected chi connectivity index (χ4v) is 6.72. The molecule has 15 heteroatoms. The van der Waals surface area contributed by atoms with E-state index < -0.39 is 21.4 Å². The van der Waals surface area contributed by atoms with E-state index in [-0.39, 0.29) is 29.8 Å². The van der Waals surface area contributed by atoms with Gasteiger partial charge < -0.3 is 14.2 Å². The molecule has 0 radical (unpaired) electrons. The number of benzene rings is 1. The molecule has 0 spiro atoms. The summed E-state index contributed by atoms with van der Waals surface area (Å²) in [6, 6.07) is 5.39. The summed E-state index contributed by atoms with van der Waals surface area (Å²) < 4.78 is 48.6. The number of nitrogens with zero attached hydrogens (tertiary/aromatic N) is 5. The maximum absolute atomic E-state index is 13.7. The summed E-state index contributed by atoms with van der Waals surface area (Å²) in [6.07, 6.45) is 6.10. The molecule has 1 saturated heterocycles. The number of para-hydroxylation sites is 1. The third-order valence-corrected chi connectivity index (χ3v) is 9.45. The second kappa shape index (κ2) is 11.8. The van der Waals surface area contributed by atoms with Crippen LogP contribution < -0.4 is 25.0 Å². The number of hydrogen-bond donors (Lipinski definition) is 3. The highest BCUT2D eigenvalue weighted by Gasteiger charge is 2.42. The van der Waals surface area contributed by atoms with Crippen LogP contribution in [0.1, 0.15) is 56.4 Å². The van der Waals surface area contributed by atoms with E-state index in [2.05, 4.69) is 35.7 Å². The summed E-state index contributed by atoms with van der Waals surface area (Å²) in [7, 11) is 0.358. The van der Waals surface area contributed by atoms with Crippen molar-refractivity contribution in [1.29, 1.82) is 0 Å². The fraction of sp³-hybridized carbons (Fsp3) is 0.520. The molecule has 5 atom stereocenters. The van der Waals surface area contributed by atoms with Gasteiger partial charge in [-0.15, -0.1) is 10.2 Å². The van der Waals surface area contributed by atoms with Gasteiger partial charge in [0.2, 0.25) is 16.0 Å². The van der Waals surface area contributed by atoms with Gasteiger partial charge in [0, 0.05) is 25.5 Å². The van der Waals surface area contributed by atoms with Crippen molar-refractivity contribution in [3.63, 3.8) is 0 Å². The Hall–Kier alpha value is -3.04. The summed E-state index contributed by atoms with van der Waals surface area (Å²) in [5.41, 5.74) is 7.24. The average molecular weight is 593 g/mol. The monoisotopic (exact) mass is 592 g/mol. The van der Waals surface area contributed by atoms with E-state index in [1.54, 1.807) is 22.8 Å². The zero-order valence-corrected chi connectivity index (χ0v) is 24.2. The molecule has 3 unspecified atom stereocenters. The number of hydrogen-bond acceptors (Lipinski definition) is 11. The van der Waals surface area contributed by atoms with Crippen molar-refractivity contribution >= 4 is 27.6 Å². The fourth-order valence-electron chi connectivity index (χ4n) is 5.49. The summed E-state index contributed by atoms with van der Waals surface area (Å²) in [5, 5.41) is 8.03. The van der Waals surface area contributed by atoms with Crippen LogP contribution in [-0.4, -0.2) is 65.8 Å². The molecule has 5 rings (SSSR count). The van der Waals surface area contributed by atoms with Crippen LogP contribution in [0.4, 0.5) is 5.95 Å². The molecular weight excluding hydrogens is 560 g/mol. The number of sulfonamides is 1. The smallest absolute Gasteiger partial charge is 0.243 e. The summed E-state index contributed by atoms with van der Waals surface area (Å²) in [5.74, 6) is 1.87. The quantitative estimate of drug-likeness (QED) is 0.318. The zero-order valence-electron chi connectivity index (χ0n) is 22.7. The van der Waals surface area contributed by atoms with Crippen molar-refractivity contribution in [2.75, 3.05) is 26.1 Å². The maximum Gasteiger partial charge on any atom is 0.243 e. The second-order valence-electron chi connectivity index (χ2n) is 9.82. The van der Waals surface area contributed by atoms with Crippen LogP contribution in [0, 0.1) is 5.92 Å². The predicted octanol–water partition coefficient (Wildman–Crippen LogP) is 2.95. The van der Waals surface area contributed by atoms with Crippen molar-refractivity contribution in [2.45, 2.75) is 56.0 Å². The van der Waals surface area contributed by atoms with Crippen LogP contribution in [0.15, 0.2) is 30.6 Å².